The number of primary amides is 1. The monoisotopic (exact) mass is 186 g/mol. The van der Waals surface area contributed by atoms with E-state index in [1.165, 1.54) is 6.42 Å². The zero-order valence-electron chi connectivity index (χ0n) is 7.99. The second-order valence-electron chi connectivity index (χ2n) is 3.94. The van der Waals surface area contributed by atoms with Crippen LogP contribution in [-0.4, -0.2) is 29.7 Å². The SMILES string of the molecule is CC1CCC(NCC(O)C(N)=O)C1. The fraction of sp³-hybridized carbons (Fsp3) is 0.889. The predicted molar refractivity (Wildman–Crippen MR) is 50.0 cm³/mol. The molecule has 0 aliphatic heterocycles. The molecule has 1 saturated carbocycles. The Morgan fingerprint density at radius 1 is 1.69 bits per heavy atom. The van der Waals surface area contributed by atoms with Crippen LogP contribution < -0.4 is 11.1 Å². The Labute approximate surface area is 78.5 Å². The lowest BCUT2D eigenvalue weighted by Gasteiger charge is -2.14. The number of amides is 1. The molecule has 1 amide bonds. The Morgan fingerprint density at radius 3 is 2.85 bits per heavy atom. The Hall–Kier alpha value is -0.610. The predicted octanol–water partition coefficient (Wildman–Crippen LogP) is -0.389. The van der Waals surface area contributed by atoms with Gasteiger partial charge in [-0.15, -0.1) is 0 Å². The van der Waals surface area contributed by atoms with E-state index in [4.69, 9.17) is 10.8 Å². The maximum atomic E-state index is 10.5. The summed E-state index contributed by atoms with van der Waals surface area (Å²) in [5.74, 6) is 0.0989. The van der Waals surface area contributed by atoms with E-state index in [1.54, 1.807) is 0 Å². The van der Waals surface area contributed by atoms with Crippen LogP contribution in [0.5, 0.6) is 0 Å². The van der Waals surface area contributed by atoms with Gasteiger partial charge in [0, 0.05) is 12.6 Å². The molecule has 3 unspecified atom stereocenters. The number of nitrogens with two attached hydrogens (primary N) is 1. The number of rotatable bonds is 4. The lowest BCUT2D eigenvalue weighted by atomic mass is 10.1. The minimum absolute atomic E-state index is 0.284. The molecule has 0 aromatic heterocycles. The summed E-state index contributed by atoms with van der Waals surface area (Å²) in [6.07, 6.45) is 2.44. The molecule has 1 rings (SSSR count). The first-order valence-electron chi connectivity index (χ1n) is 4.80. The zero-order valence-corrected chi connectivity index (χ0v) is 7.99. The molecule has 0 saturated heterocycles. The molecule has 1 fully saturated rings. The van der Waals surface area contributed by atoms with Crippen molar-refractivity contribution >= 4 is 5.91 Å². The van der Waals surface area contributed by atoms with Crippen molar-refractivity contribution in [3.63, 3.8) is 0 Å². The number of aliphatic hydroxyl groups is 1. The molecule has 4 nitrogen and oxygen atoms in total. The average molecular weight is 186 g/mol. The molecule has 1 aliphatic rings. The Balaban J connectivity index is 2.16. The molecule has 4 heteroatoms. The van der Waals surface area contributed by atoms with Crippen molar-refractivity contribution in [3.8, 4) is 0 Å². The summed E-state index contributed by atoms with van der Waals surface area (Å²) in [4.78, 5) is 10.5. The van der Waals surface area contributed by atoms with E-state index >= 15 is 0 Å². The second kappa shape index (κ2) is 4.58. The van der Waals surface area contributed by atoms with E-state index in [2.05, 4.69) is 12.2 Å². The first-order chi connectivity index (χ1) is 6.09. The largest absolute Gasteiger partial charge is 0.382 e. The highest BCUT2D eigenvalue weighted by Crippen LogP contribution is 2.24. The van der Waals surface area contributed by atoms with Gasteiger partial charge in [0.05, 0.1) is 0 Å². The van der Waals surface area contributed by atoms with E-state index in [-0.39, 0.29) is 6.54 Å². The zero-order chi connectivity index (χ0) is 9.84. The van der Waals surface area contributed by atoms with E-state index in [0.29, 0.717) is 6.04 Å². The number of hydrogen-bond acceptors (Lipinski definition) is 3. The van der Waals surface area contributed by atoms with Crippen molar-refractivity contribution in [1.29, 1.82) is 0 Å². The third-order valence-electron chi connectivity index (χ3n) is 2.62. The molecule has 13 heavy (non-hydrogen) atoms. The van der Waals surface area contributed by atoms with Crippen LogP contribution >= 0.6 is 0 Å². The summed E-state index contributed by atoms with van der Waals surface area (Å²) in [6, 6.07) is 0.448. The molecule has 0 aromatic carbocycles. The van der Waals surface area contributed by atoms with Crippen LogP contribution in [0.3, 0.4) is 0 Å². The van der Waals surface area contributed by atoms with Crippen LogP contribution in [0, 0.1) is 5.92 Å². The van der Waals surface area contributed by atoms with Gasteiger partial charge in [0.2, 0.25) is 5.91 Å². The summed E-state index contributed by atoms with van der Waals surface area (Å²) in [5, 5.41) is 12.3. The second-order valence-corrected chi connectivity index (χ2v) is 3.94. The molecule has 76 valence electrons. The Kier molecular flexibility index (Phi) is 3.69. The summed E-state index contributed by atoms with van der Waals surface area (Å²) >= 11 is 0. The summed E-state index contributed by atoms with van der Waals surface area (Å²) in [7, 11) is 0. The van der Waals surface area contributed by atoms with Crippen molar-refractivity contribution < 1.29 is 9.90 Å². The number of hydrogen-bond donors (Lipinski definition) is 3. The van der Waals surface area contributed by atoms with Gasteiger partial charge in [0.15, 0.2) is 0 Å². The van der Waals surface area contributed by atoms with E-state index in [1.807, 2.05) is 0 Å². The molecule has 0 bridgehead atoms. The van der Waals surface area contributed by atoms with Crippen molar-refractivity contribution in [2.45, 2.75) is 38.3 Å². The quantitative estimate of drug-likeness (QED) is 0.559. The van der Waals surface area contributed by atoms with Gasteiger partial charge < -0.3 is 16.2 Å². The van der Waals surface area contributed by atoms with Gasteiger partial charge in [0.1, 0.15) is 6.10 Å². The highest BCUT2D eigenvalue weighted by Gasteiger charge is 2.22. The highest BCUT2D eigenvalue weighted by molar-refractivity contribution is 5.78. The molecule has 0 heterocycles. The average Bonchev–Trinajstić information content (AvgIpc) is 2.47. The van der Waals surface area contributed by atoms with Gasteiger partial charge in [-0.2, -0.15) is 0 Å². The molecule has 0 spiro atoms. The normalized spacial score (nSPS) is 30.3. The van der Waals surface area contributed by atoms with Crippen LogP contribution in [0.15, 0.2) is 0 Å². The van der Waals surface area contributed by atoms with Crippen LogP contribution in [0.25, 0.3) is 0 Å². The summed E-state index contributed by atoms with van der Waals surface area (Å²) in [6.45, 7) is 2.50. The smallest absolute Gasteiger partial charge is 0.247 e. The number of carbonyl (C=O) groups is 1. The lowest BCUT2D eigenvalue weighted by Crippen LogP contribution is -2.41. The van der Waals surface area contributed by atoms with Crippen molar-refractivity contribution in [2.24, 2.45) is 11.7 Å². The molecule has 3 atom stereocenters. The van der Waals surface area contributed by atoms with Crippen LogP contribution in [-0.2, 0) is 4.79 Å². The minimum atomic E-state index is -1.05. The van der Waals surface area contributed by atoms with Gasteiger partial charge in [0.25, 0.3) is 0 Å². The molecule has 0 radical (unpaired) electrons. The first-order valence-corrected chi connectivity index (χ1v) is 4.80. The lowest BCUT2D eigenvalue weighted by molar-refractivity contribution is -0.125. The topological polar surface area (TPSA) is 75.3 Å². The fourth-order valence-corrected chi connectivity index (χ4v) is 1.77. The van der Waals surface area contributed by atoms with Crippen LogP contribution in [0.1, 0.15) is 26.2 Å². The number of aliphatic hydroxyl groups excluding tert-OH is 1. The van der Waals surface area contributed by atoms with E-state index < -0.39 is 12.0 Å². The molecular formula is C9H18N2O2. The molecular weight excluding hydrogens is 168 g/mol. The minimum Gasteiger partial charge on any atom is -0.382 e. The molecule has 0 aromatic rings. The molecule has 1 aliphatic carbocycles. The Bertz CT molecular complexity index is 184. The van der Waals surface area contributed by atoms with Gasteiger partial charge in [-0.05, 0) is 25.2 Å². The van der Waals surface area contributed by atoms with Crippen molar-refractivity contribution in [1.82, 2.24) is 5.32 Å². The van der Waals surface area contributed by atoms with Crippen LogP contribution in [0.2, 0.25) is 0 Å². The summed E-state index contributed by atoms with van der Waals surface area (Å²) in [5.41, 5.74) is 4.92. The third-order valence-corrected chi connectivity index (χ3v) is 2.62. The van der Waals surface area contributed by atoms with E-state index in [0.717, 1.165) is 18.8 Å². The van der Waals surface area contributed by atoms with Crippen LogP contribution in [0.4, 0.5) is 0 Å². The first kappa shape index (κ1) is 10.5. The fourth-order valence-electron chi connectivity index (χ4n) is 1.77. The van der Waals surface area contributed by atoms with Gasteiger partial charge in [-0.25, -0.2) is 0 Å². The number of nitrogens with one attached hydrogen (secondary N) is 1. The highest BCUT2D eigenvalue weighted by atomic mass is 16.3. The third kappa shape index (κ3) is 3.32. The van der Waals surface area contributed by atoms with Crippen molar-refractivity contribution in [3.05, 3.63) is 0 Å². The van der Waals surface area contributed by atoms with E-state index in [9.17, 15) is 4.79 Å². The Morgan fingerprint density at radius 2 is 2.38 bits per heavy atom. The van der Waals surface area contributed by atoms with Gasteiger partial charge >= 0.3 is 0 Å². The van der Waals surface area contributed by atoms with Gasteiger partial charge in [-0.3, -0.25) is 4.79 Å². The van der Waals surface area contributed by atoms with Crippen molar-refractivity contribution in [2.75, 3.05) is 6.54 Å². The summed E-state index contributed by atoms with van der Waals surface area (Å²) < 4.78 is 0. The standard InChI is InChI=1S/C9H18N2O2/c1-6-2-3-7(4-6)11-5-8(12)9(10)13/h6-8,11-12H,2-5H2,1H3,(H2,10,13). The van der Waals surface area contributed by atoms with Gasteiger partial charge in [-0.1, -0.05) is 6.92 Å². The maximum Gasteiger partial charge on any atom is 0.247 e. The molecule has 4 N–H and O–H groups in total. The maximum absolute atomic E-state index is 10.5. The number of carbonyl (C=O) groups excluding carboxylic acids is 1.